The van der Waals surface area contributed by atoms with Crippen molar-refractivity contribution in [2.45, 2.75) is 57.4 Å². The molecule has 1 aromatic carbocycles. The van der Waals surface area contributed by atoms with E-state index in [1.807, 2.05) is 26.8 Å². The fourth-order valence-corrected chi connectivity index (χ4v) is 5.19. The molecule has 1 spiro atoms. The molecule has 2 aliphatic rings. The second-order valence-electron chi connectivity index (χ2n) is 9.58. The van der Waals surface area contributed by atoms with Gasteiger partial charge in [0, 0.05) is 36.4 Å². The molecule has 1 amide bonds. The summed E-state index contributed by atoms with van der Waals surface area (Å²) in [6, 6.07) is 8.21. The number of likely N-dealkylation sites (tertiary alicyclic amines) is 1. The van der Waals surface area contributed by atoms with E-state index in [-0.39, 0.29) is 18.1 Å². The second-order valence-corrected chi connectivity index (χ2v) is 9.58. The molecule has 0 unspecified atom stereocenters. The molecule has 3 heterocycles. The molecule has 4 rings (SSSR count). The van der Waals surface area contributed by atoms with E-state index in [1.54, 1.807) is 30.2 Å². The molecule has 9 heteroatoms. The highest BCUT2D eigenvalue weighted by Gasteiger charge is 2.49. The van der Waals surface area contributed by atoms with E-state index < -0.39 is 23.0 Å². The molecule has 178 valence electrons. The number of nitrogens with one attached hydrogen (secondary N) is 1. The Balaban J connectivity index is 1.60. The molecule has 0 aliphatic carbocycles. The number of piperidine rings is 1. The predicted molar refractivity (Wildman–Crippen MR) is 117 cm³/mol. The zero-order chi connectivity index (χ0) is 24.2. The molecule has 6 nitrogen and oxygen atoms in total. The number of hydrogen-bond donors (Lipinski definition) is 1. The van der Waals surface area contributed by atoms with E-state index in [2.05, 4.69) is 5.32 Å². The minimum Gasteiger partial charge on any atom is -0.497 e. The summed E-state index contributed by atoms with van der Waals surface area (Å²) in [4.78, 5) is 27.0. The molecule has 1 N–H and O–H groups in total. The summed E-state index contributed by atoms with van der Waals surface area (Å²) in [6.45, 7) is 6.83. The fourth-order valence-electron chi connectivity index (χ4n) is 5.19. The molecule has 1 fully saturated rings. The predicted octanol–water partition coefficient (Wildman–Crippen LogP) is 4.06. The summed E-state index contributed by atoms with van der Waals surface area (Å²) >= 11 is 0. The molecule has 1 saturated heterocycles. The number of halogens is 3. The van der Waals surface area contributed by atoms with Crippen molar-refractivity contribution < 1.29 is 27.5 Å². The van der Waals surface area contributed by atoms with Crippen molar-refractivity contribution >= 4 is 11.7 Å². The van der Waals surface area contributed by atoms with Gasteiger partial charge in [0.2, 0.25) is 0 Å². The highest BCUT2D eigenvalue weighted by molar-refractivity contribution is 5.99. The Kier molecular flexibility index (Phi) is 5.59. The lowest BCUT2D eigenvalue weighted by Gasteiger charge is -2.51. The molecular formula is C24H28F3N3O3. The Bertz CT molecular complexity index is 1100. The number of rotatable bonds is 3. The van der Waals surface area contributed by atoms with Gasteiger partial charge < -0.3 is 14.2 Å². The summed E-state index contributed by atoms with van der Waals surface area (Å²) in [5.41, 5.74) is 0.620. The molecule has 0 bridgehead atoms. The summed E-state index contributed by atoms with van der Waals surface area (Å²) in [7, 11) is 1.57. The number of Topliss-reactive ketones (excluding diaryl/α,β-unsaturated/α-hetero) is 1. The van der Waals surface area contributed by atoms with Gasteiger partial charge in [-0.05, 0) is 69.5 Å². The van der Waals surface area contributed by atoms with Crippen LogP contribution in [0.4, 0.5) is 13.2 Å². The number of aromatic nitrogens is 1. The van der Waals surface area contributed by atoms with Crippen molar-refractivity contribution in [2.24, 2.45) is 0 Å². The zero-order valence-electron chi connectivity index (χ0n) is 19.2. The van der Waals surface area contributed by atoms with E-state index in [4.69, 9.17) is 4.74 Å². The maximum absolute atomic E-state index is 13.2. The Morgan fingerprint density at radius 1 is 1.09 bits per heavy atom. The highest BCUT2D eigenvalue weighted by Crippen LogP contribution is 2.41. The number of amides is 1. The minimum atomic E-state index is -4.93. The van der Waals surface area contributed by atoms with Crippen molar-refractivity contribution in [1.82, 2.24) is 14.8 Å². The molecule has 0 radical (unpaired) electrons. The van der Waals surface area contributed by atoms with Crippen LogP contribution in [-0.4, -0.2) is 53.1 Å². The van der Waals surface area contributed by atoms with Crippen LogP contribution in [0.25, 0.3) is 0 Å². The summed E-state index contributed by atoms with van der Waals surface area (Å²) in [5.74, 6) is -1.23. The maximum atomic E-state index is 13.2. The van der Waals surface area contributed by atoms with Gasteiger partial charge in [-0.15, -0.1) is 0 Å². The normalized spacial score (nSPS) is 19.3. The summed E-state index contributed by atoms with van der Waals surface area (Å²) < 4.78 is 46.2. The standard InChI is InChI=1S/C24H28F3N3O3/c1-15-13-16(33-4)5-6-17(15)21(32)29-11-9-23(10-12-29)19-8-7-18(20(31)24(25,26)27)30(19)14-22(2,3)28-23/h5-8,13,28H,9-12,14H2,1-4H3. The van der Waals surface area contributed by atoms with Gasteiger partial charge in [-0.1, -0.05) is 0 Å². The van der Waals surface area contributed by atoms with Crippen LogP contribution in [0.2, 0.25) is 0 Å². The average molecular weight is 464 g/mol. The van der Waals surface area contributed by atoms with E-state index in [9.17, 15) is 22.8 Å². The van der Waals surface area contributed by atoms with Crippen LogP contribution >= 0.6 is 0 Å². The third kappa shape index (κ3) is 4.14. The number of nitrogens with zero attached hydrogens (tertiary/aromatic N) is 2. The van der Waals surface area contributed by atoms with Gasteiger partial charge in [0.15, 0.2) is 0 Å². The number of aryl methyl sites for hydroxylation is 1. The van der Waals surface area contributed by atoms with Crippen LogP contribution in [0.1, 0.15) is 58.8 Å². The van der Waals surface area contributed by atoms with Gasteiger partial charge in [0.25, 0.3) is 11.7 Å². The number of carbonyl (C=O) groups is 2. The number of alkyl halides is 3. The van der Waals surface area contributed by atoms with Crippen molar-refractivity contribution in [3.8, 4) is 5.75 Å². The van der Waals surface area contributed by atoms with Gasteiger partial charge in [-0.2, -0.15) is 13.2 Å². The van der Waals surface area contributed by atoms with E-state index >= 15 is 0 Å². The van der Waals surface area contributed by atoms with Crippen molar-refractivity contribution in [3.63, 3.8) is 0 Å². The van der Waals surface area contributed by atoms with Crippen molar-refractivity contribution in [1.29, 1.82) is 0 Å². The van der Waals surface area contributed by atoms with Crippen LogP contribution in [0.15, 0.2) is 30.3 Å². The first-order valence-electron chi connectivity index (χ1n) is 10.9. The second kappa shape index (κ2) is 7.90. The largest absolute Gasteiger partial charge is 0.497 e. The third-order valence-electron chi connectivity index (χ3n) is 6.66. The number of ketones is 1. The Morgan fingerprint density at radius 2 is 1.76 bits per heavy atom. The topological polar surface area (TPSA) is 63.6 Å². The smallest absolute Gasteiger partial charge is 0.456 e. The van der Waals surface area contributed by atoms with Gasteiger partial charge in [0.05, 0.1) is 18.3 Å². The third-order valence-corrected chi connectivity index (χ3v) is 6.66. The molecule has 0 atom stereocenters. The van der Waals surface area contributed by atoms with E-state index in [1.165, 1.54) is 10.6 Å². The highest BCUT2D eigenvalue weighted by atomic mass is 19.4. The van der Waals surface area contributed by atoms with E-state index in [0.29, 0.717) is 42.9 Å². The van der Waals surface area contributed by atoms with Gasteiger partial charge >= 0.3 is 6.18 Å². The molecule has 33 heavy (non-hydrogen) atoms. The minimum absolute atomic E-state index is 0.0802. The Hall–Kier alpha value is -2.81. The van der Waals surface area contributed by atoms with Crippen LogP contribution in [0.3, 0.4) is 0 Å². The Labute approximate surface area is 190 Å². The number of carbonyl (C=O) groups excluding carboxylic acids is 2. The molecular weight excluding hydrogens is 435 g/mol. The number of ether oxygens (including phenoxy) is 1. The van der Waals surface area contributed by atoms with Gasteiger partial charge in [0.1, 0.15) is 5.75 Å². The maximum Gasteiger partial charge on any atom is 0.456 e. The van der Waals surface area contributed by atoms with E-state index in [0.717, 1.165) is 5.56 Å². The van der Waals surface area contributed by atoms with Crippen molar-refractivity contribution in [3.05, 3.63) is 52.8 Å². The Morgan fingerprint density at radius 3 is 2.33 bits per heavy atom. The molecule has 0 saturated carbocycles. The van der Waals surface area contributed by atoms with Crippen LogP contribution in [-0.2, 0) is 12.1 Å². The number of hydrogen-bond acceptors (Lipinski definition) is 4. The lowest BCUT2D eigenvalue weighted by molar-refractivity contribution is -0.0892. The first-order chi connectivity index (χ1) is 15.4. The monoisotopic (exact) mass is 463 g/mol. The average Bonchev–Trinajstić information content (AvgIpc) is 3.15. The zero-order valence-corrected chi connectivity index (χ0v) is 19.2. The first kappa shape index (κ1) is 23.4. The number of methoxy groups -OCH3 is 1. The first-order valence-corrected chi connectivity index (χ1v) is 10.9. The van der Waals surface area contributed by atoms with Gasteiger partial charge in [-0.25, -0.2) is 0 Å². The summed E-state index contributed by atoms with van der Waals surface area (Å²) in [5, 5.41) is 3.61. The van der Waals surface area contributed by atoms with Crippen molar-refractivity contribution in [2.75, 3.05) is 20.2 Å². The lowest BCUT2D eigenvalue weighted by Crippen LogP contribution is -2.63. The molecule has 2 aliphatic heterocycles. The lowest BCUT2D eigenvalue weighted by atomic mass is 9.79. The van der Waals surface area contributed by atoms with Crippen LogP contribution < -0.4 is 10.1 Å². The molecule has 1 aromatic heterocycles. The van der Waals surface area contributed by atoms with Crippen LogP contribution in [0.5, 0.6) is 5.75 Å². The summed E-state index contributed by atoms with van der Waals surface area (Å²) in [6.07, 6.45) is -3.87. The molecule has 2 aromatic rings. The number of fused-ring (bicyclic) bond motifs is 2. The fraction of sp³-hybridized carbons (Fsp3) is 0.500. The SMILES string of the molecule is COc1ccc(C(=O)N2CCC3(CC2)NC(C)(C)Cn2c(C(=O)C(F)(F)F)ccc23)c(C)c1. The van der Waals surface area contributed by atoms with Crippen LogP contribution in [0, 0.1) is 6.92 Å². The van der Waals surface area contributed by atoms with Gasteiger partial charge in [-0.3, -0.25) is 14.9 Å². The quantitative estimate of drug-likeness (QED) is 0.698. The number of benzene rings is 1.